The van der Waals surface area contributed by atoms with E-state index in [2.05, 4.69) is 5.32 Å². The highest BCUT2D eigenvalue weighted by molar-refractivity contribution is 5.94. The predicted octanol–water partition coefficient (Wildman–Crippen LogP) is 2.90. The lowest BCUT2D eigenvalue weighted by molar-refractivity contribution is 0.00525. The minimum absolute atomic E-state index is 0.132. The van der Waals surface area contributed by atoms with Gasteiger partial charge < -0.3 is 15.2 Å². The average Bonchev–Trinajstić information content (AvgIpc) is 3.36. The van der Waals surface area contributed by atoms with Gasteiger partial charge in [0.15, 0.2) is 0 Å². The van der Waals surface area contributed by atoms with Crippen LogP contribution in [-0.4, -0.2) is 29.8 Å². The molecule has 0 saturated heterocycles. The molecule has 2 saturated carbocycles. The molecule has 22 heavy (non-hydrogen) atoms. The maximum Gasteiger partial charge on any atom is 0.251 e. The fourth-order valence-electron chi connectivity index (χ4n) is 2.93. The molecule has 0 aliphatic heterocycles. The van der Waals surface area contributed by atoms with Crippen molar-refractivity contribution in [2.24, 2.45) is 5.92 Å². The van der Waals surface area contributed by atoms with Gasteiger partial charge in [0.05, 0.1) is 12.2 Å². The van der Waals surface area contributed by atoms with Gasteiger partial charge in [0.25, 0.3) is 5.91 Å². The highest BCUT2D eigenvalue weighted by Crippen LogP contribution is 2.29. The van der Waals surface area contributed by atoms with Crippen molar-refractivity contribution in [1.82, 2.24) is 5.32 Å². The molecule has 2 aliphatic carbocycles. The number of carbonyl (C=O) groups excluding carboxylic acids is 1. The number of aliphatic hydroxyl groups is 1. The van der Waals surface area contributed by atoms with E-state index < -0.39 is 5.60 Å². The van der Waals surface area contributed by atoms with Crippen LogP contribution < -0.4 is 10.1 Å². The van der Waals surface area contributed by atoms with Crippen molar-refractivity contribution in [2.75, 3.05) is 13.2 Å². The Labute approximate surface area is 131 Å². The molecular weight excluding hydrogens is 278 g/mol. The van der Waals surface area contributed by atoms with Gasteiger partial charge in [-0.2, -0.15) is 0 Å². The van der Waals surface area contributed by atoms with Crippen LogP contribution in [0.15, 0.2) is 24.3 Å². The second kappa shape index (κ2) is 6.69. The van der Waals surface area contributed by atoms with E-state index >= 15 is 0 Å². The monoisotopic (exact) mass is 303 g/mol. The van der Waals surface area contributed by atoms with E-state index in [1.165, 1.54) is 19.3 Å². The summed E-state index contributed by atoms with van der Waals surface area (Å²) in [6.07, 6.45) is 7.35. The van der Waals surface area contributed by atoms with Gasteiger partial charge in [0, 0.05) is 12.1 Å². The third kappa shape index (κ3) is 4.23. The molecule has 3 rings (SSSR count). The van der Waals surface area contributed by atoms with Gasteiger partial charge in [0.1, 0.15) is 5.75 Å². The maximum atomic E-state index is 12.2. The lowest BCUT2D eigenvalue weighted by Crippen LogP contribution is -2.44. The fraction of sp³-hybridized carbons (Fsp3) is 0.611. The SMILES string of the molecule is O=C(NCC1(O)CCCCC1)c1ccc(OCC2CC2)cc1. The first-order valence-corrected chi connectivity index (χ1v) is 8.38. The largest absolute Gasteiger partial charge is 0.493 e. The Morgan fingerprint density at radius 2 is 1.86 bits per heavy atom. The minimum Gasteiger partial charge on any atom is -0.493 e. The van der Waals surface area contributed by atoms with Gasteiger partial charge >= 0.3 is 0 Å². The molecule has 1 aromatic carbocycles. The van der Waals surface area contributed by atoms with Crippen LogP contribution in [0.5, 0.6) is 5.75 Å². The van der Waals surface area contributed by atoms with Crippen molar-refractivity contribution in [3.8, 4) is 5.75 Å². The molecule has 0 heterocycles. The normalized spacial score (nSPS) is 20.4. The summed E-state index contributed by atoms with van der Waals surface area (Å²) in [5.41, 5.74) is -0.112. The first-order valence-electron chi connectivity index (χ1n) is 8.38. The smallest absolute Gasteiger partial charge is 0.251 e. The highest BCUT2D eigenvalue weighted by atomic mass is 16.5. The molecule has 2 N–H and O–H groups in total. The van der Waals surface area contributed by atoms with Gasteiger partial charge in [-0.05, 0) is 55.9 Å². The van der Waals surface area contributed by atoms with E-state index in [-0.39, 0.29) is 5.91 Å². The standard InChI is InChI=1S/C18H25NO3/c20-17(19-13-18(21)10-2-1-3-11-18)15-6-8-16(9-7-15)22-12-14-4-5-14/h6-9,14,21H,1-5,10-13H2,(H,19,20). The summed E-state index contributed by atoms with van der Waals surface area (Å²) >= 11 is 0. The molecule has 4 nitrogen and oxygen atoms in total. The number of ether oxygens (including phenoxy) is 1. The number of benzene rings is 1. The van der Waals surface area contributed by atoms with Crippen molar-refractivity contribution in [3.05, 3.63) is 29.8 Å². The van der Waals surface area contributed by atoms with E-state index in [1.807, 2.05) is 12.1 Å². The zero-order chi connectivity index (χ0) is 15.4. The fourth-order valence-corrected chi connectivity index (χ4v) is 2.93. The average molecular weight is 303 g/mol. The van der Waals surface area contributed by atoms with Crippen LogP contribution in [0.25, 0.3) is 0 Å². The van der Waals surface area contributed by atoms with Crippen LogP contribution in [0.3, 0.4) is 0 Å². The summed E-state index contributed by atoms with van der Waals surface area (Å²) in [4.78, 5) is 12.2. The van der Waals surface area contributed by atoms with E-state index in [4.69, 9.17) is 4.74 Å². The van der Waals surface area contributed by atoms with Gasteiger partial charge in [-0.3, -0.25) is 4.79 Å². The molecule has 0 spiro atoms. The third-order valence-corrected chi connectivity index (χ3v) is 4.66. The topological polar surface area (TPSA) is 58.6 Å². The second-order valence-corrected chi connectivity index (χ2v) is 6.75. The van der Waals surface area contributed by atoms with E-state index in [9.17, 15) is 9.90 Å². The summed E-state index contributed by atoms with van der Waals surface area (Å²) < 4.78 is 5.66. The Kier molecular flexibility index (Phi) is 4.67. The van der Waals surface area contributed by atoms with Crippen LogP contribution in [-0.2, 0) is 0 Å². The first kappa shape index (κ1) is 15.3. The van der Waals surface area contributed by atoms with Crippen molar-refractivity contribution >= 4 is 5.91 Å². The Balaban J connectivity index is 1.48. The summed E-state index contributed by atoms with van der Waals surface area (Å²) in [5, 5.41) is 13.3. The molecule has 120 valence electrons. The highest BCUT2D eigenvalue weighted by Gasteiger charge is 2.29. The quantitative estimate of drug-likeness (QED) is 0.849. The number of carbonyl (C=O) groups is 1. The van der Waals surface area contributed by atoms with Gasteiger partial charge in [-0.1, -0.05) is 19.3 Å². The number of nitrogens with one attached hydrogen (secondary N) is 1. The van der Waals surface area contributed by atoms with E-state index in [0.29, 0.717) is 12.1 Å². The van der Waals surface area contributed by atoms with Crippen LogP contribution >= 0.6 is 0 Å². The van der Waals surface area contributed by atoms with Gasteiger partial charge in [-0.25, -0.2) is 0 Å². The zero-order valence-corrected chi connectivity index (χ0v) is 13.0. The lowest BCUT2D eigenvalue weighted by Gasteiger charge is -2.32. The molecule has 1 aromatic rings. The van der Waals surface area contributed by atoms with Crippen molar-refractivity contribution in [2.45, 2.75) is 50.5 Å². The van der Waals surface area contributed by atoms with Crippen molar-refractivity contribution in [3.63, 3.8) is 0 Å². The molecule has 0 bridgehead atoms. The van der Waals surface area contributed by atoms with Gasteiger partial charge in [0.2, 0.25) is 0 Å². The number of hydrogen-bond donors (Lipinski definition) is 2. The second-order valence-electron chi connectivity index (χ2n) is 6.75. The van der Waals surface area contributed by atoms with Crippen LogP contribution in [0, 0.1) is 5.92 Å². The number of amides is 1. The summed E-state index contributed by atoms with van der Waals surface area (Å²) in [6, 6.07) is 7.24. The van der Waals surface area contributed by atoms with E-state index in [0.717, 1.165) is 44.0 Å². The van der Waals surface area contributed by atoms with Crippen LogP contribution in [0.1, 0.15) is 55.3 Å². The maximum absolute atomic E-state index is 12.2. The van der Waals surface area contributed by atoms with Gasteiger partial charge in [-0.15, -0.1) is 0 Å². The Bertz CT molecular complexity index is 502. The Morgan fingerprint density at radius 1 is 1.18 bits per heavy atom. The molecule has 1 amide bonds. The summed E-state index contributed by atoms with van der Waals surface area (Å²) in [5.74, 6) is 1.40. The molecule has 0 radical (unpaired) electrons. The summed E-state index contributed by atoms with van der Waals surface area (Å²) in [7, 11) is 0. The number of hydrogen-bond acceptors (Lipinski definition) is 3. The molecule has 0 aromatic heterocycles. The predicted molar refractivity (Wildman–Crippen MR) is 85.0 cm³/mol. The van der Waals surface area contributed by atoms with Crippen LogP contribution in [0.4, 0.5) is 0 Å². The lowest BCUT2D eigenvalue weighted by atomic mass is 9.85. The molecule has 0 unspecified atom stereocenters. The number of rotatable bonds is 6. The van der Waals surface area contributed by atoms with Crippen molar-refractivity contribution < 1.29 is 14.6 Å². The Hall–Kier alpha value is -1.55. The molecule has 2 fully saturated rings. The first-order chi connectivity index (χ1) is 10.6. The molecule has 4 heteroatoms. The minimum atomic E-state index is -0.721. The van der Waals surface area contributed by atoms with E-state index in [1.54, 1.807) is 12.1 Å². The molecule has 0 atom stereocenters. The Morgan fingerprint density at radius 3 is 2.50 bits per heavy atom. The van der Waals surface area contributed by atoms with Crippen molar-refractivity contribution in [1.29, 1.82) is 0 Å². The third-order valence-electron chi connectivity index (χ3n) is 4.66. The van der Waals surface area contributed by atoms with Crippen LogP contribution in [0.2, 0.25) is 0 Å². The zero-order valence-electron chi connectivity index (χ0n) is 13.0. The molecule has 2 aliphatic rings. The summed E-state index contributed by atoms with van der Waals surface area (Å²) in [6.45, 7) is 1.12. The molecular formula is C18H25NO3.